The third-order valence-electron chi connectivity index (χ3n) is 3.69. The Morgan fingerprint density at radius 2 is 1.83 bits per heavy atom. The number of hydrogen-bond donors (Lipinski definition) is 3. The minimum Gasteiger partial charge on any atom is -0.322 e. The van der Waals surface area contributed by atoms with Gasteiger partial charge in [0, 0.05) is 17.8 Å². The average Bonchev–Trinajstić information content (AvgIpc) is 2.61. The Labute approximate surface area is 168 Å². The molecule has 2 aromatic rings. The van der Waals surface area contributed by atoms with Gasteiger partial charge < -0.3 is 5.32 Å². The highest BCUT2D eigenvalue weighted by Crippen LogP contribution is 2.22. The fourth-order valence-corrected chi connectivity index (χ4v) is 4.03. The quantitative estimate of drug-likeness (QED) is 0.543. The molecule has 0 unspecified atom stereocenters. The highest BCUT2D eigenvalue weighted by atomic mass is 32.2. The lowest BCUT2D eigenvalue weighted by atomic mass is 10.1. The van der Waals surface area contributed by atoms with E-state index < -0.39 is 36.7 Å². The summed E-state index contributed by atoms with van der Waals surface area (Å²) < 4.78 is 65.7. The van der Waals surface area contributed by atoms with E-state index in [4.69, 9.17) is 0 Å². The largest absolute Gasteiger partial charge is 0.322 e. The number of anilines is 2. The fourth-order valence-electron chi connectivity index (χ4n) is 2.31. The van der Waals surface area contributed by atoms with Gasteiger partial charge in [0.05, 0.1) is 11.9 Å². The summed E-state index contributed by atoms with van der Waals surface area (Å²) in [5.41, 5.74) is 1.09. The Morgan fingerprint density at radius 1 is 1.14 bits per heavy atom. The van der Waals surface area contributed by atoms with E-state index in [1.165, 1.54) is 12.1 Å². The summed E-state index contributed by atoms with van der Waals surface area (Å²) in [6.07, 6.45) is 2.30. The van der Waals surface area contributed by atoms with Crippen molar-refractivity contribution in [1.82, 2.24) is 4.72 Å². The molecule has 0 bridgehead atoms. The predicted molar refractivity (Wildman–Crippen MR) is 109 cm³/mol. The number of aryl methyl sites for hydroxylation is 1. The van der Waals surface area contributed by atoms with E-state index in [0.717, 1.165) is 24.5 Å². The number of amides is 1. The van der Waals surface area contributed by atoms with Gasteiger partial charge in [-0.3, -0.25) is 9.52 Å². The van der Waals surface area contributed by atoms with E-state index >= 15 is 0 Å². The number of halogens is 1. The molecule has 0 saturated carbocycles. The molecule has 0 atom stereocenters. The number of rotatable bonds is 8. The zero-order valence-corrected chi connectivity index (χ0v) is 17.3. The van der Waals surface area contributed by atoms with Gasteiger partial charge in [-0.2, -0.15) is 0 Å². The van der Waals surface area contributed by atoms with Crippen LogP contribution in [0.5, 0.6) is 0 Å². The molecule has 2 rings (SSSR count). The zero-order chi connectivity index (χ0) is 21.8. The second-order valence-corrected chi connectivity index (χ2v) is 9.63. The molecule has 1 amide bonds. The van der Waals surface area contributed by atoms with Gasteiger partial charge in [-0.05, 0) is 42.8 Å². The van der Waals surface area contributed by atoms with E-state index in [-0.39, 0.29) is 23.5 Å². The van der Waals surface area contributed by atoms with Crippen molar-refractivity contribution in [2.75, 3.05) is 22.8 Å². The molecular weight excluding hydrogens is 421 g/mol. The van der Waals surface area contributed by atoms with Crippen LogP contribution in [0.25, 0.3) is 0 Å². The number of carbonyl (C=O) groups is 1. The van der Waals surface area contributed by atoms with E-state index in [1.54, 1.807) is 19.1 Å². The van der Waals surface area contributed by atoms with Crippen molar-refractivity contribution in [3.05, 3.63) is 66.0 Å². The number of sulfonamides is 2. The van der Waals surface area contributed by atoms with Crippen molar-refractivity contribution in [3.8, 4) is 0 Å². The number of nitrogens with one attached hydrogen (secondary N) is 3. The summed E-state index contributed by atoms with van der Waals surface area (Å²) in [6.45, 7) is 4.97. The Bertz CT molecular complexity index is 1160. The van der Waals surface area contributed by atoms with Crippen LogP contribution in [0.2, 0.25) is 0 Å². The monoisotopic (exact) mass is 441 g/mol. The molecule has 29 heavy (non-hydrogen) atoms. The topological polar surface area (TPSA) is 121 Å². The van der Waals surface area contributed by atoms with Gasteiger partial charge in [0.25, 0.3) is 5.91 Å². The Kier molecular flexibility index (Phi) is 6.77. The number of carbonyl (C=O) groups excluding carboxylic acids is 1. The summed E-state index contributed by atoms with van der Waals surface area (Å²) in [5, 5.41) is 2.53. The van der Waals surface area contributed by atoms with Gasteiger partial charge in [-0.25, -0.2) is 25.9 Å². The van der Waals surface area contributed by atoms with Crippen LogP contribution in [0.1, 0.15) is 15.9 Å². The summed E-state index contributed by atoms with van der Waals surface area (Å²) in [7, 11) is -7.68. The van der Waals surface area contributed by atoms with Crippen LogP contribution in [0.3, 0.4) is 0 Å². The van der Waals surface area contributed by atoms with Crippen LogP contribution in [-0.4, -0.2) is 35.5 Å². The number of hydrogen-bond acceptors (Lipinski definition) is 5. The molecular formula is C18H20FN3O5S2. The average molecular weight is 442 g/mol. The van der Waals surface area contributed by atoms with Crippen molar-refractivity contribution in [3.63, 3.8) is 0 Å². The second kappa shape index (κ2) is 8.72. The maximum absolute atomic E-state index is 14.0. The smallest absolute Gasteiger partial charge is 0.255 e. The first-order valence-corrected chi connectivity index (χ1v) is 11.6. The lowest BCUT2D eigenvalue weighted by Gasteiger charge is -2.12. The first-order valence-electron chi connectivity index (χ1n) is 8.23. The van der Waals surface area contributed by atoms with Crippen molar-refractivity contribution >= 4 is 37.3 Å². The van der Waals surface area contributed by atoms with E-state index in [1.807, 2.05) is 0 Å². The van der Waals surface area contributed by atoms with Crippen LogP contribution in [0, 0.1) is 12.7 Å². The van der Waals surface area contributed by atoms with Crippen molar-refractivity contribution < 1.29 is 26.0 Å². The first kappa shape index (κ1) is 22.5. The van der Waals surface area contributed by atoms with Crippen LogP contribution < -0.4 is 14.8 Å². The SMILES string of the molecule is C=CCNS(=O)(=O)c1cc(C(=O)Nc2ccc(C)c(NS(C)(=O)=O)c2)ccc1F. The maximum atomic E-state index is 14.0. The van der Waals surface area contributed by atoms with Gasteiger partial charge in [-0.1, -0.05) is 12.1 Å². The molecule has 2 aromatic carbocycles. The van der Waals surface area contributed by atoms with Crippen LogP contribution >= 0.6 is 0 Å². The van der Waals surface area contributed by atoms with Gasteiger partial charge >= 0.3 is 0 Å². The molecule has 156 valence electrons. The maximum Gasteiger partial charge on any atom is 0.255 e. The van der Waals surface area contributed by atoms with Gasteiger partial charge in [0.1, 0.15) is 10.7 Å². The summed E-state index contributed by atoms with van der Waals surface area (Å²) >= 11 is 0. The fraction of sp³-hybridized carbons (Fsp3) is 0.167. The highest BCUT2D eigenvalue weighted by Gasteiger charge is 2.21. The Balaban J connectivity index is 2.31. The van der Waals surface area contributed by atoms with Crippen LogP contribution in [0.4, 0.5) is 15.8 Å². The van der Waals surface area contributed by atoms with Crippen molar-refractivity contribution in [1.29, 1.82) is 0 Å². The lowest BCUT2D eigenvalue weighted by Crippen LogP contribution is -2.25. The molecule has 0 radical (unpaired) electrons. The van der Waals surface area contributed by atoms with Gasteiger partial charge in [0.2, 0.25) is 20.0 Å². The summed E-state index contributed by atoms with van der Waals surface area (Å²) in [6, 6.07) is 7.50. The first-order chi connectivity index (χ1) is 13.4. The molecule has 0 aliphatic carbocycles. The van der Waals surface area contributed by atoms with Crippen LogP contribution in [-0.2, 0) is 20.0 Å². The molecule has 0 fully saturated rings. The summed E-state index contributed by atoms with van der Waals surface area (Å²) in [4.78, 5) is 11.8. The minimum atomic E-state index is -4.17. The van der Waals surface area contributed by atoms with E-state index in [2.05, 4.69) is 21.3 Å². The second-order valence-electron chi connectivity index (χ2n) is 6.14. The van der Waals surface area contributed by atoms with Gasteiger partial charge in [-0.15, -0.1) is 6.58 Å². The van der Waals surface area contributed by atoms with E-state index in [0.29, 0.717) is 5.56 Å². The Morgan fingerprint density at radius 3 is 2.45 bits per heavy atom. The van der Waals surface area contributed by atoms with Crippen molar-refractivity contribution in [2.24, 2.45) is 0 Å². The molecule has 0 saturated heterocycles. The molecule has 0 aliphatic heterocycles. The minimum absolute atomic E-state index is 0.0939. The molecule has 11 heteroatoms. The molecule has 0 heterocycles. The molecule has 0 aliphatic rings. The standard InChI is InChI=1S/C18H20FN3O5S2/c1-4-9-20-29(26,27)17-10-13(6-8-15(17)19)18(23)21-14-7-5-12(2)16(11-14)22-28(3,24)25/h4-8,10-11,20,22H,1,9H2,2-3H3,(H,21,23). The normalized spacial score (nSPS) is 11.7. The Hall–Kier alpha value is -2.76. The highest BCUT2D eigenvalue weighted by molar-refractivity contribution is 7.92. The lowest BCUT2D eigenvalue weighted by molar-refractivity contribution is 0.102. The van der Waals surface area contributed by atoms with Crippen molar-refractivity contribution in [2.45, 2.75) is 11.8 Å². The molecule has 8 nitrogen and oxygen atoms in total. The molecule has 0 aromatic heterocycles. The van der Waals surface area contributed by atoms with Crippen LogP contribution in [0.15, 0.2) is 53.9 Å². The third-order valence-corrected chi connectivity index (χ3v) is 5.72. The zero-order valence-electron chi connectivity index (χ0n) is 15.7. The number of benzene rings is 2. The van der Waals surface area contributed by atoms with Gasteiger partial charge in [0.15, 0.2) is 0 Å². The molecule has 3 N–H and O–H groups in total. The predicted octanol–water partition coefficient (Wildman–Crippen LogP) is 2.22. The molecule has 0 spiro atoms. The third kappa shape index (κ3) is 6.11. The summed E-state index contributed by atoms with van der Waals surface area (Å²) in [5.74, 6) is -1.70. The van der Waals surface area contributed by atoms with E-state index in [9.17, 15) is 26.0 Å².